The van der Waals surface area contributed by atoms with Crippen molar-refractivity contribution in [2.75, 3.05) is 20.1 Å². The Labute approximate surface area is 93.5 Å². The largest absolute Gasteiger partial charge is 0.306 e. The smallest absolute Gasteiger partial charge is 0.00133 e. The molecule has 0 aromatic rings. The highest BCUT2D eigenvalue weighted by Crippen LogP contribution is 2.67. The van der Waals surface area contributed by atoms with E-state index in [-0.39, 0.29) is 0 Å². The van der Waals surface area contributed by atoms with Crippen molar-refractivity contribution in [3.05, 3.63) is 11.1 Å². The van der Waals surface area contributed by atoms with Gasteiger partial charge in [-0.25, -0.2) is 0 Å². The zero-order valence-corrected chi connectivity index (χ0v) is 10.3. The summed E-state index contributed by atoms with van der Waals surface area (Å²) in [6, 6.07) is 0. The molecule has 1 saturated carbocycles. The van der Waals surface area contributed by atoms with Gasteiger partial charge >= 0.3 is 0 Å². The molecule has 1 heterocycles. The van der Waals surface area contributed by atoms with Crippen molar-refractivity contribution in [3.63, 3.8) is 0 Å². The number of fused-ring (bicyclic) bond motifs is 2. The first kappa shape index (κ1) is 9.89. The number of hydrogen-bond donors (Lipinski definition) is 0. The number of likely N-dealkylation sites (tertiary alicyclic amines) is 1. The molecule has 1 nitrogen and oxygen atoms in total. The number of allylic oxidation sites excluding steroid dienone is 2. The van der Waals surface area contributed by atoms with E-state index in [1.54, 1.807) is 11.1 Å². The summed E-state index contributed by atoms with van der Waals surface area (Å²) in [6.45, 7) is 7.44. The quantitative estimate of drug-likeness (QED) is 0.549. The van der Waals surface area contributed by atoms with Gasteiger partial charge in [0, 0.05) is 0 Å². The summed E-state index contributed by atoms with van der Waals surface area (Å²) in [5.41, 5.74) is 4.17. The van der Waals surface area contributed by atoms with Gasteiger partial charge in [0.15, 0.2) is 0 Å². The van der Waals surface area contributed by atoms with Crippen LogP contribution in [0.5, 0.6) is 0 Å². The summed E-state index contributed by atoms with van der Waals surface area (Å²) in [5, 5.41) is 0. The average molecular weight is 205 g/mol. The van der Waals surface area contributed by atoms with Crippen LogP contribution in [0, 0.1) is 17.3 Å². The second-order valence-electron chi connectivity index (χ2n) is 6.07. The highest BCUT2D eigenvalue weighted by atomic mass is 15.1. The summed E-state index contributed by atoms with van der Waals surface area (Å²) in [5.74, 6) is 2.04. The van der Waals surface area contributed by atoms with Gasteiger partial charge in [-0.2, -0.15) is 0 Å². The molecule has 2 fully saturated rings. The molecule has 0 amide bonds. The van der Waals surface area contributed by atoms with Crippen LogP contribution in [-0.2, 0) is 0 Å². The third-order valence-electron chi connectivity index (χ3n) is 5.50. The van der Waals surface area contributed by atoms with Gasteiger partial charge < -0.3 is 4.90 Å². The molecule has 3 unspecified atom stereocenters. The minimum atomic E-state index is 0.638. The maximum absolute atomic E-state index is 2.52. The summed E-state index contributed by atoms with van der Waals surface area (Å²) < 4.78 is 0. The van der Waals surface area contributed by atoms with E-state index in [4.69, 9.17) is 0 Å². The normalized spacial score (nSPS) is 45.8. The molecule has 3 aliphatic rings. The van der Waals surface area contributed by atoms with E-state index in [1.165, 1.54) is 38.8 Å². The van der Waals surface area contributed by atoms with Crippen LogP contribution in [0.2, 0.25) is 0 Å². The lowest BCUT2D eigenvalue weighted by atomic mass is 9.72. The second-order valence-corrected chi connectivity index (χ2v) is 6.07. The predicted octanol–water partition coefficient (Wildman–Crippen LogP) is 3.07. The molecule has 2 aliphatic carbocycles. The standard InChI is InChI=1S/C14H23N/c1-10-11(2)14(13-9-12(10)13)5-4-7-15(3)8-6-14/h12-13H,4-9H2,1-3H3. The van der Waals surface area contributed by atoms with Crippen molar-refractivity contribution < 1.29 is 0 Å². The van der Waals surface area contributed by atoms with Crippen molar-refractivity contribution in [2.45, 2.75) is 39.5 Å². The second kappa shape index (κ2) is 3.10. The Morgan fingerprint density at radius 1 is 1.20 bits per heavy atom. The molecule has 1 heteroatoms. The first-order valence-electron chi connectivity index (χ1n) is 6.51. The van der Waals surface area contributed by atoms with Gasteiger partial charge in [0.1, 0.15) is 0 Å². The number of nitrogens with zero attached hydrogens (tertiary/aromatic N) is 1. The Morgan fingerprint density at radius 2 is 2.00 bits per heavy atom. The fourth-order valence-electron chi connectivity index (χ4n) is 4.27. The molecule has 1 aliphatic heterocycles. The first-order chi connectivity index (χ1) is 7.15. The first-order valence-corrected chi connectivity index (χ1v) is 6.51. The molecule has 0 radical (unpaired) electrons. The van der Waals surface area contributed by atoms with Crippen molar-refractivity contribution in [2.24, 2.45) is 17.3 Å². The van der Waals surface area contributed by atoms with Gasteiger partial charge in [0.2, 0.25) is 0 Å². The molecule has 0 aromatic carbocycles. The molecule has 0 N–H and O–H groups in total. The van der Waals surface area contributed by atoms with E-state index in [0.717, 1.165) is 11.8 Å². The lowest BCUT2D eigenvalue weighted by Crippen LogP contribution is -2.26. The topological polar surface area (TPSA) is 3.24 Å². The van der Waals surface area contributed by atoms with Gasteiger partial charge in [-0.15, -0.1) is 0 Å². The average Bonchev–Trinajstić information content (AvgIpc) is 2.97. The van der Waals surface area contributed by atoms with Gasteiger partial charge in [0.25, 0.3) is 0 Å². The molecule has 3 rings (SSSR count). The molecule has 84 valence electrons. The van der Waals surface area contributed by atoms with Gasteiger partial charge in [-0.1, -0.05) is 11.1 Å². The molecule has 1 spiro atoms. The zero-order valence-electron chi connectivity index (χ0n) is 10.3. The van der Waals surface area contributed by atoms with E-state index >= 15 is 0 Å². The van der Waals surface area contributed by atoms with E-state index in [2.05, 4.69) is 25.8 Å². The van der Waals surface area contributed by atoms with Crippen LogP contribution in [0.3, 0.4) is 0 Å². The zero-order chi connectivity index (χ0) is 10.6. The molecular formula is C14H23N. The molecule has 15 heavy (non-hydrogen) atoms. The predicted molar refractivity (Wildman–Crippen MR) is 63.8 cm³/mol. The van der Waals surface area contributed by atoms with Crippen LogP contribution >= 0.6 is 0 Å². The Balaban J connectivity index is 1.90. The summed E-state index contributed by atoms with van der Waals surface area (Å²) in [6.07, 6.45) is 5.80. The monoisotopic (exact) mass is 205 g/mol. The van der Waals surface area contributed by atoms with Crippen molar-refractivity contribution >= 4 is 0 Å². The maximum atomic E-state index is 2.52. The SMILES string of the molecule is CC1=C(C)C2(CCCN(C)CC2)C2CC12. The van der Waals surface area contributed by atoms with Crippen LogP contribution in [0.25, 0.3) is 0 Å². The van der Waals surface area contributed by atoms with Gasteiger partial charge in [0.05, 0.1) is 0 Å². The number of hydrogen-bond acceptors (Lipinski definition) is 1. The van der Waals surface area contributed by atoms with E-state index in [9.17, 15) is 0 Å². The Kier molecular flexibility index (Phi) is 2.04. The highest BCUT2D eigenvalue weighted by molar-refractivity contribution is 5.37. The maximum Gasteiger partial charge on any atom is -0.00133 e. The lowest BCUT2D eigenvalue weighted by Gasteiger charge is -2.32. The highest BCUT2D eigenvalue weighted by Gasteiger charge is 2.59. The third kappa shape index (κ3) is 1.25. The van der Waals surface area contributed by atoms with Crippen LogP contribution < -0.4 is 0 Å². The lowest BCUT2D eigenvalue weighted by molar-refractivity contribution is 0.259. The van der Waals surface area contributed by atoms with Crippen LogP contribution in [0.4, 0.5) is 0 Å². The Bertz CT molecular complexity index is 317. The minimum Gasteiger partial charge on any atom is -0.306 e. The number of rotatable bonds is 0. The summed E-state index contributed by atoms with van der Waals surface area (Å²) in [4.78, 5) is 2.52. The van der Waals surface area contributed by atoms with Crippen LogP contribution in [0.1, 0.15) is 39.5 Å². The fraction of sp³-hybridized carbons (Fsp3) is 0.857. The molecule has 0 bridgehead atoms. The van der Waals surface area contributed by atoms with E-state index < -0.39 is 0 Å². The van der Waals surface area contributed by atoms with Crippen molar-refractivity contribution in [1.29, 1.82) is 0 Å². The Morgan fingerprint density at radius 3 is 2.67 bits per heavy atom. The van der Waals surface area contributed by atoms with Gasteiger partial charge in [-0.3, -0.25) is 0 Å². The molecular weight excluding hydrogens is 182 g/mol. The minimum absolute atomic E-state index is 0.638. The molecule has 3 atom stereocenters. The van der Waals surface area contributed by atoms with Crippen molar-refractivity contribution in [3.8, 4) is 0 Å². The van der Waals surface area contributed by atoms with E-state index in [1.807, 2.05) is 0 Å². The fourth-order valence-corrected chi connectivity index (χ4v) is 4.27. The van der Waals surface area contributed by atoms with Crippen LogP contribution in [-0.4, -0.2) is 25.0 Å². The Hall–Kier alpha value is -0.300. The van der Waals surface area contributed by atoms with E-state index in [0.29, 0.717) is 5.41 Å². The van der Waals surface area contributed by atoms with Crippen LogP contribution in [0.15, 0.2) is 11.1 Å². The molecule has 0 aromatic heterocycles. The van der Waals surface area contributed by atoms with Crippen molar-refractivity contribution in [1.82, 2.24) is 4.90 Å². The van der Waals surface area contributed by atoms with Gasteiger partial charge in [-0.05, 0) is 76.9 Å². The summed E-state index contributed by atoms with van der Waals surface area (Å²) in [7, 11) is 2.28. The summed E-state index contributed by atoms with van der Waals surface area (Å²) >= 11 is 0. The molecule has 1 saturated heterocycles. The third-order valence-corrected chi connectivity index (χ3v) is 5.50.